The van der Waals surface area contributed by atoms with Crippen molar-refractivity contribution < 1.29 is 0 Å². The molecule has 0 aliphatic rings. The lowest BCUT2D eigenvalue weighted by atomic mass is 10.1. The molecular weight excluding hydrogens is 473 g/mol. The van der Waals surface area contributed by atoms with Crippen molar-refractivity contribution in [3.8, 4) is 0 Å². The molecule has 0 fully saturated rings. The number of aryl methyl sites for hydroxylation is 1. The Bertz CT molecular complexity index is 916. The van der Waals surface area contributed by atoms with E-state index in [2.05, 4.69) is 100.0 Å². The second-order valence-electron chi connectivity index (χ2n) is 7.28. The third-order valence-corrected chi connectivity index (χ3v) is 4.82. The maximum Gasteiger partial charge on any atom is 0.191 e. The molecular formula is C23H32IN5. The normalized spacial score (nSPS) is 11.5. The number of guanidine groups is 1. The van der Waals surface area contributed by atoms with Gasteiger partial charge in [0.25, 0.3) is 0 Å². The standard InChI is InChI=1S/C23H31N5.HI/c1-24-23(26-17-20-10-4-5-11-21(20)18-27(2)3)25-14-8-15-28-16-13-19-9-6-7-12-22(19)28;/h4-7,9-13,16H,8,14-15,17-18H2,1-3H3,(H2,24,25,26);1H. The highest BCUT2D eigenvalue weighted by Crippen LogP contribution is 2.15. The molecule has 0 aliphatic heterocycles. The van der Waals surface area contributed by atoms with Gasteiger partial charge < -0.3 is 20.1 Å². The third-order valence-electron chi connectivity index (χ3n) is 4.82. The van der Waals surface area contributed by atoms with E-state index in [4.69, 9.17) is 0 Å². The first-order chi connectivity index (χ1) is 13.7. The van der Waals surface area contributed by atoms with E-state index >= 15 is 0 Å². The molecule has 0 radical (unpaired) electrons. The Morgan fingerprint density at radius 3 is 2.45 bits per heavy atom. The van der Waals surface area contributed by atoms with Gasteiger partial charge in [-0.15, -0.1) is 24.0 Å². The summed E-state index contributed by atoms with van der Waals surface area (Å²) in [6.07, 6.45) is 3.20. The van der Waals surface area contributed by atoms with Crippen LogP contribution in [-0.4, -0.2) is 43.1 Å². The van der Waals surface area contributed by atoms with Crippen LogP contribution in [0.15, 0.2) is 65.8 Å². The topological polar surface area (TPSA) is 44.6 Å². The molecule has 1 aromatic heterocycles. The van der Waals surface area contributed by atoms with Crippen LogP contribution < -0.4 is 10.6 Å². The fraction of sp³-hybridized carbons (Fsp3) is 0.348. The lowest BCUT2D eigenvalue weighted by Gasteiger charge is -2.16. The van der Waals surface area contributed by atoms with Crippen molar-refractivity contribution in [3.05, 3.63) is 71.9 Å². The lowest BCUT2D eigenvalue weighted by molar-refractivity contribution is 0.400. The minimum Gasteiger partial charge on any atom is -0.356 e. The van der Waals surface area contributed by atoms with Gasteiger partial charge in [0.15, 0.2) is 5.96 Å². The van der Waals surface area contributed by atoms with E-state index < -0.39 is 0 Å². The van der Waals surface area contributed by atoms with E-state index in [0.717, 1.165) is 38.6 Å². The summed E-state index contributed by atoms with van der Waals surface area (Å²) in [6, 6.07) is 19.2. The molecule has 29 heavy (non-hydrogen) atoms. The van der Waals surface area contributed by atoms with Gasteiger partial charge in [-0.1, -0.05) is 42.5 Å². The molecule has 3 rings (SSSR count). The minimum absolute atomic E-state index is 0. The molecule has 0 amide bonds. The first kappa shape index (κ1) is 23.2. The number of nitrogens with zero attached hydrogens (tertiary/aromatic N) is 3. The number of halogens is 1. The minimum atomic E-state index is 0. The average Bonchev–Trinajstić information content (AvgIpc) is 3.11. The molecule has 0 unspecified atom stereocenters. The quantitative estimate of drug-likeness (QED) is 0.210. The molecule has 0 saturated heterocycles. The molecule has 2 N–H and O–H groups in total. The van der Waals surface area contributed by atoms with Gasteiger partial charge in [-0.05, 0) is 49.2 Å². The summed E-state index contributed by atoms with van der Waals surface area (Å²) in [5.74, 6) is 0.844. The van der Waals surface area contributed by atoms with Crippen LogP contribution in [0.2, 0.25) is 0 Å². The lowest BCUT2D eigenvalue weighted by Crippen LogP contribution is -2.37. The second-order valence-corrected chi connectivity index (χ2v) is 7.28. The summed E-state index contributed by atoms with van der Waals surface area (Å²) in [6.45, 7) is 3.58. The largest absolute Gasteiger partial charge is 0.356 e. The number of para-hydroxylation sites is 1. The predicted molar refractivity (Wildman–Crippen MR) is 134 cm³/mol. The van der Waals surface area contributed by atoms with Crippen LogP contribution in [0.4, 0.5) is 0 Å². The van der Waals surface area contributed by atoms with E-state index in [9.17, 15) is 0 Å². The summed E-state index contributed by atoms with van der Waals surface area (Å²) >= 11 is 0. The monoisotopic (exact) mass is 505 g/mol. The van der Waals surface area contributed by atoms with Crippen molar-refractivity contribution in [2.24, 2.45) is 4.99 Å². The van der Waals surface area contributed by atoms with Crippen molar-refractivity contribution >= 4 is 40.8 Å². The Labute approximate surface area is 191 Å². The van der Waals surface area contributed by atoms with Crippen molar-refractivity contribution in [1.82, 2.24) is 20.1 Å². The van der Waals surface area contributed by atoms with Gasteiger partial charge in [0.05, 0.1) is 0 Å². The Morgan fingerprint density at radius 1 is 0.966 bits per heavy atom. The molecule has 0 aliphatic carbocycles. The number of benzene rings is 2. The number of aliphatic imine (C=N–C) groups is 1. The Balaban J connectivity index is 0.00000300. The van der Waals surface area contributed by atoms with Crippen molar-refractivity contribution in [2.45, 2.75) is 26.1 Å². The zero-order valence-electron chi connectivity index (χ0n) is 17.6. The Hall–Kier alpha value is -2.06. The molecule has 0 bridgehead atoms. The zero-order valence-corrected chi connectivity index (χ0v) is 19.9. The third kappa shape index (κ3) is 6.75. The van der Waals surface area contributed by atoms with Crippen molar-refractivity contribution in [3.63, 3.8) is 0 Å². The number of hydrogen-bond donors (Lipinski definition) is 2. The van der Waals surface area contributed by atoms with E-state index in [1.54, 1.807) is 0 Å². The maximum absolute atomic E-state index is 4.36. The molecule has 5 nitrogen and oxygen atoms in total. The van der Waals surface area contributed by atoms with Gasteiger partial charge in [-0.2, -0.15) is 0 Å². The molecule has 2 aromatic carbocycles. The number of hydrogen-bond acceptors (Lipinski definition) is 2. The molecule has 0 saturated carbocycles. The van der Waals surface area contributed by atoms with Crippen LogP contribution in [0.5, 0.6) is 0 Å². The fourth-order valence-corrected chi connectivity index (χ4v) is 3.42. The number of rotatable bonds is 8. The van der Waals surface area contributed by atoms with Gasteiger partial charge in [0, 0.05) is 44.9 Å². The molecule has 6 heteroatoms. The van der Waals surface area contributed by atoms with Crippen LogP contribution in [0.25, 0.3) is 10.9 Å². The highest BCUT2D eigenvalue weighted by atomic mass is 127. The van der Waals surface area contributed by atoms with Gasteiger partial charge in [-0.25, -0.2) is 0 Å². The van der Waals surface area contributed by atoms with E-state index in [-0.39, 0.29) is 24.0 Å². The summed E-state index contributed by atoms with van der Waals surface area (Å²) in [5.41, 5.74) is 3.94. The van der Waals surface area contributed by atoms with Gasteiger partial charge in [0.2, 0.25) is 0 Å². The highest BCUT2D eigenvalue weighted by Gasteiger charge is 2.05. The summed E-state index contributed by atoms with van der Waals surface area (Å²) < 4.78 is 2.31. The van der Waals surface area contributed by atoms with Crippen LogP contribution in [0.3, 0.4) is 0 Å². The summed E-state index contributed by atoms with van der Waals surface area (Å²) in [7, 11) is 6.01. The van der Waals surface area contributed by atoms with Crippen molar-refractivity contribution in [2.75, 3.05) is 27.7 Å². The number of aromatic nitrogens is 1. The smallest absolute Gasteiger partial charge is 0.191 e. The molecule has 0 spiro atoms. The zero-order chi connectivity index (χ0) is 19.8. The van der Waals surface area contributed by atoms with Gasteiger partial charge >= 0.3 is 0 Å². The first-order valence-electron chi connectivity index (χ1n) is 9.87. The van der Waals surface area contributed by atoms with Crippen LogP contribution in [-0.2, 0) is 19.6 Å². The number of fused-ring (bicyclic) bond motifs is 1. The van der Waals surface area contributed by atoms with E-state index in [1.807, 2.05) is 7.05 Å². The second kappa shape index (κ2) is 11.8. The SMILES string of the molecule is CN=C(NCCCn1ccc2ccccc21)NCc1ccccc1CN(C)C.I. The van der Waals surface area contributed by atoms with Crippen LogP contribution >= 0.6 is 24.0 Å². The maximum atomic E-state index is 4.36. The van der Waals surface area contributed by atoms with Gasteiger partial charge in [0.1, 0.15) is 0 Å². The van der Waals surface area contributed by atoms with E-state index in [0.29, 0.717) is 0 Å². The molecule has 3 aromatic rings. The number of nitrogens with one attached hydrogen (secondary N) is 2. The van der Waals surface area contributed by atoms with Crippen LogP contribution in [0, 0.1) is 0 Å². The molecule has 156 valence electrons. The molecule has 1 heterocycles. The van der Waals surface area contributed by atoms with Crippen molar-refractivity contribution in [1.29, 1.82) is 0 Å². The van der Waals surface area contributed by atoms with Crippen LogP contribution in [0.1, 0.15) is 17.5 Å². The van der Waals surface area contributed by atoms with E-state index in [1.165, 1.54) is 22.0 Å². The highest BCUT2D eigenvalue weighted by molar-refractivity contribution is 14.0. The predicted octanol–water partition coefficient (Wildman–Crippen LogP) is 4.08. The Kier molecular flexibility index (Phi) is 9.47. The fourth-order valence-electron chi connectivity index (χ4n) is 3.42. The van der Waals surface area contributed by atoms with Gasteiger partial charge in [-0.3, -0.25) is 4.99 Å². The first-order valence-corrected chi connectivity index (χ1v) is 9.87. The average molecular weight is 505 g/mol. The summed E-state index contributed by atoms with van der Waals surface area (Å²) in [5, 5.41) is 8.16. The summed E-state index contributed by atoms with van der Waals surface area (Å²) in [4.78, 5) is 6.55. The Morgan fingerprint density at radius 2 is 1.69 bits per heavy atom. The molecule has 0 atom stereocenters.